The predicted octanol–water partition coefficient (Wildman–Crippen LogP) is 3.83. The van der Waals surface area contributed by atoms with Crippen molar-refractivity contribution in [3.05, 3.63) is 47.5 Å². The van der Waals surface area contributed by atoms with Gasteiger partial charge in [-0.2, -0.15) is 0 Å². The van der Waals surface area contributed by atoms with Gasteiger partial charge in [-0.15, -0.1) is 0 Å². The largest absolute Gasteiger partial charge is 0.466 e. The van der Waals surface area contributed by atoms with Crippen molar-refractivity contribution < 1.29 is 18.8 Å². The van der Waals surface area contributed by atoms with Crippen LogP contribution in [0.15, 0.2) is 36.4 Å². The maximum Gasteiger partial charge on any atom is 0.466 e. The van der Waals surface area contributed by atoms with Crippen molar-refractivity contribution in [3.8, 4) is 0 Å². The van der Waals surface area contributed by atoms with E-state index in [1.54, 1.807) is 0 Å². The second kappa shape index (κ2) is 7.12. The third-order valence-electron chi connectivity index (χ3n) is 4.95. The maximum atomic E-state index is 11.3. The van der Waals surface area contributed by atoms with Crippen LogP contribution in [0.3, 0.4) is 0 Å². The minimum Gasteiger partial charge on any atom is -0.466 e. The highest BCUT2D eigenvalue weighted by Gasteiger charge is 2.53. The van der Waals surface area contributed by atoms with Crippen molar-refractivity contribution >= 4 is 13.1 Å². The molecule has 1 aromatic carbocycles. The molecular weight excluding hydrogens is 303 g/mol. The van der Waals surface area contributed by atoms with Crippen LogP contribution in [0, 0.1) is 6.92 Å². The molecule has 1 atom stereocenters. The van der Waals surface area contributed by atoms with Gasteiger partial charge in [-0.3, -0.25) is 0 Å². The second-order valence-corrected chi connectivity index (χ2v) is 7.30. The summed E-state index contributed by atoms with van der Waals surface area (Å²) in [6.07, 6.45) is 3.91. The van der Waals surface area contributed by atoms with Crippen LogP contribution in [0.5, 0.6) is 0 Å². The zero-order valence-electron chi connectivity index (χ0n) is 15.5. The number of methoxy groups -OCH3 is 1. The van der Waals surface area contributed by atoms with Crippen LogP contribution < -0.4 is 0 Å². The van der Waals surface area contributed by atoms with Gasteiger partial charge in [0.1, 0.15) is 0 Å². The lowest BCUT2D eigenvalue weighted by Crippen LogP contribution is -2.41. The van der Waals surface area contributed by atoms with Gasteiger partial charge >= 0.3 is 13.1 Å². The summed E-state index contributed by atoms with van der Waals surface area (Å²) in [4.78, 5) is 11.3. The first-order valence-electron chi connectivity index (χ1n) is 8.33. The number of esters is 1. The molecular formula is C19H27BO4. The van der Waals surface area contributed by atoms with Crippen LogP contribution in [-0.2, 0) is 18.8 Å². The quantitative estimate of drug-likeness (QED) is 0.468. The van der Waals surface area contributed by atoms with E-state index in [9.17, 15) is 4.79 Å². The lowest BCUT2D eigenvalue weighted by atomic mass is 9.66. The smallest absolute Gasteiger partial charge is 0.466 e. The Hall–Kier alpha value is -1.59. The lowest BCUT2D eigenvalue weighted by Gasteiger charge is -2.32. The molecule has 5 heteroatoms. The average molecular weight is 330 g/mol. The molecule has 1 aliphatic rings. The summed E-state index contributed by atoms with van der Waals surface area (Å²) >= 11 is 0. The second-order valence-electron chi connectivity index (χ2n) is 7.30. The van der Waals surface area contributed by atoms with E-state index in [2.05, 4.69) is 35.9 Å². The topological polar surface area (TPSA) is 44.8 Å². The van der Waals surface area contributed by atoms with E-state index >= 15 is 0 Å². The van der Waals surface area contributed by atoms with Crippen molar-refractivity contribution in [1.82, 2.24) is 0 Å². The zero-order chi connectivity index (χ0) is 18.0. The molecule has 1 aromatic rings. The average Bonchev–Trinajstić information content (AvgIpc) is 2.72. The van der Waals surface area contributed by atoms with Gasteiger partial charge < -0.3 is 14.0 Å². The van der Waals surface area contributed by atoms with Crippen molar-refractivity contribution in [1.29, 1.82) is 0 Å². The van der Waals surface area contributed by atoms with Gasteiger partial charge in [0.05, 0.1) is 18.3 Å². The first-order valence-corrected chi connectivity index (χ1v) is 8.33. The molecule has 24 heavy (non-hydrogen) atoms. The molecule has 0 N–H and O–H groups in total. The van der Waals surface area contributed by atoms with E-state index < -0.39 is 0 Å². The molecule has 0 bridgehead atoms. The summed E-state index contributed by atoms with van der Waals surface area (Å²) in [5.41, 5.74) is 1.57. The molecule has 4 nitrogen and oxygen atoms in total. The number of benzene rings is 1. The number of hydrogen-bond donors (Lipinski definition) is 0. The Morgan fingerprint density at radius 3 is 2.21 bits per heavy atom. The van der Waals surface area contributed by atoms with Gasteiger partial charge in [-0.1, -0.05) is 35.9 Å². The first-order chi connectivity index (χ1) is 11.2. The van der Waals surface area contributed by atoms with Crippen LogP contribution in [0.25, 0.3) is 0 Å². The fourth-order valence-electron chi connectivity index (χ4n) is 2.65. The van der Waals surface area contributed by atoms with Gasteiger partial charge in [-0.25, -0.2) is 4.79 Å². The molecule has 1 saturated heterocycles. The van der Waals surface area contributed by atoms with Crippen molar-refractivity contribution in [2.24, 2.45) is 0 Å². The van der Waals surface area contributed by atoms with Gasteiger partial charge in [0, 0.05) is 11.9 Å². The molecule has 1 aliphatic heterocycles. The molecule has 0 spiro atoms. The highest BCUT2D eigenvalue weighted by Crippen LogP contribution is 2.41. The lowest BCUT2D eigenvalue weighted by molar-refractivity contribution is -0.134. The molecule has 1 fully saturated rings. The normalized spacial score (nSPS) is 20.3. The Bertz CT molecular complexity index is 588. The molecule has 0 aromatic heterocycles. The molecule has 0 radical (unpaired) electrons. The third-order valence-corrected chi connectivity index (χ3v) is 4.95. The monoisotopic (exact) mass is 330 g/mol. The van der Waals surface area contributed by atoms with Crippen LogP contribution in [0.2, 0.25) is 0 Å². The molecule has 1 unspecified atom stereocenters. The van der Waals surface area contributed by atoms with Crippen molar-refractivity contribution in [2.45, 2.75) is 58.1 Å². The van der Waals surface area contributed by atoms with E-state index in [1.165, 1.54) is 18.7 Å². The fourth-order valence-corrected chi connectivity index (χ4v) is 2.65. The summed E-state index contributed by atoms with van der Waals surface area (Å²) < 4.78 is 17.1. The number of ether oxygens (including phenoxy) is 1. The van der Waals surface area contributed by atoms with Crippen LogP contribution in [-0.4, -0.2) is 31.4 Å². The van der Waals surface area contributed by atoms with E-state index in [4.69, 9.17) is 9.31 Å². The Labute approximate surface area is 145 Å². The molecule has 130 valence electrons. The summed E-state index contributed by atoms with van der Waals surface area (Å²) in [6.45, 7) is 10.2. The highest BCUT2D eigenvalue weighted by molar-refractivity contribution is 6.47. The van der Waals surface area contributed by atoms with Gasteiger partial charge in [0.15, 0.2) is 0 Å². The Kier molecular flexibility index (Phi) is 5.56. The van der Waals surface area contributed by atoms with Crippen molar-refractivity contribution in [2.75, 3.05) is 7.11 Å². The maximum absolute atomic E-state index is 11.3. The summed E-state index contributed by atoms with van der Waals surface area (Å²) in [5.74, 6) is -0.348. The minimum atomic E-state index is -0.382. The molecule has 0 saturated carbocycles. The fraction of sp³-hybridized carbons (Fsp3) is 0.526. The molecule has 2 rings (SSSR count). The number of rotatable bonds is 5. The summed E-state index contributed by atoms with van der Waals surface area (Å²) in [7, 11) is 1.01. The third kappa shape index (κ3) is 4.08. The SMILES string of the molecule is COC(=O)/C=C/CC(B1OC(C)(C)C(C)(C)O1)c1ccc(C)cc1. The standard InChI is InChI=1S/C19H27BO4/c1-14-10-12-15(13-11-14)16(8-7-9-17(21)22-6)20-23-18(2,3)19(4,5)24-20/h7,9-13,16H,8H2,1-6H3/b9-7+. The Balaban J connectivity index is 2.25. The highest BCUT2D eigenvalue weighted by atomic mass is 16.7. The Morgan fingerprint density at radius 2 is 1.71 bits per heavy atom. The van der Waals surface area contributed by atoms with Gasteiger partial charge in [0.25, 0.3) is 0 Å². The van der Waals surface area contributed by atoms with E-state index in [0.29, 0.717) is 6.42 Å². The van der Waals surface area contributed by atoms with Gasteiger partial charge in [-0.05, 0) is 46.6 Å². The predicted molar refractivity (Wildman–Crippen MR) is 95.8 cm³/mol. The van der Waals surface area contributed by atoms with Crippen LogP contribution in [0.4, 0.5) is 0 Å². The van der Waals surface area contributed by atoms with E-state index in [0.717, 1.165) is 5.56 Å². The number of aryl methyl sites for hydroxylation is 1. The molecule has 0 aliphatic carbocycles. The van der Waals surface area contributed by atoms with Crippen molar-refractivity contribution in [3.63, 3.8) is 0 Å². The molecule has 0 amide bonds. The minimum absolute atomic E-state index is 0.00700. The van der Waals surface area contributed by atoms with Crippen LogP contribution >= 0.6 is 0 Å². The molecule has 1 heterocycles. The Morgan fingerprint density at radius 1 is 1.17 bits per heavy atom. The first kappa shape index (κ1) is 18.7. The summed E-state index contributed by atoms with van der Waals surface area (Å²) in [5, 5.41) is 0. The number of carbonyl (C=O) groups excluding carboxylic acids is 1. The zero-order valence-corrected chi connectivity index (χ0v) is 15.5. The van der Waals surface area contributed by atoms with E-state index in [1.807, 2.05) is 33.8 Å². The number of hydrogen-bond acceptors (Lipinski definition) is 4. The van der Waals surface area contributed by atoms with Gasteiger partial charge in [0.2, 0.25) is 0 Å². The van der Waals surface area contributed by atoms with E-state index in [-0.39, 0.29) is 30.1 Å². The summed E-state index contributed by atoms with van der Waals surface area (Å²) in [6, 6.07) is 8.35. The number of allylic oxidation sites excluding steroid dienone is 1. The number of carbonyl (C=O) groups is 1. The van der Waals surface area contributed by atoms with Crippen LogP contribution in [0.1, 0.15) is 51.1 Å².